The molecule has 0 radical (unpaired) electrons. The molecule has 0 aromatic heterocycles. The molecular formula is C14H17F3N2O4S. The number of hydrogen-bond acceptors (Lipinski definition) is 4. The second kappa shape index (κ2) is 8.81. The normalized spacial score (nSPS) is 12.0. The highest BCUT2D eigenvalue weighted by Gasteiger charge is 2.27. The smallest absolute Gasteiger partial charge is 0.370 e. The number of rotatable bonds is 9. The van der Waals surface area contributed by atoms with Gasteiger partial charge in [0.05, 0.1) is 11.5 Å². The van der Waals surface area contributed by atoms with Crippen LogP contribution in [0.2, 0.25) is 0 Å². The van der Waals surface area contributed by atoms with E-state index in [1.165, 1.54) is 24.3 Å². The molecule has 1 amide bonds. The van der Waals surface area contributed by atoms with E-state index in [-0.39, 0.29) is 30.2 Å². The first-order chi connectivity index (χ1) is 11.2. The number of nitrogens with one attached hydrogen (secondary N) is 2. The van der Waals surface area contributed by atoms with E-state index in [4.69, 9.17) is 0 Å². The van der Waals surface area contributed by atoms with Crippen LogP contribution in [0, 0.1) is 0 Å². The van der Waals surface area contributed by atoms with Crippen LogP contribution < -0.4 is 10.0 Å². The van der Waals surface area contributed by atoms with Gasteiger partial charge in [-0.25, -0.2) is 13.1 Å². The first-order valence-electron chi connectivity index (χ1n) is 6.79. The summed E-state index contributed by atoms with van der Waals surface area (Å²) in [6, 6.07) is 5.25. The van der Waals surface area contributed by atoms with Crippen molar-refractivity contribution in [2.75, 3.05) is 26.3 Å². The summed E-state index contributed by atoms with van der Waals surface area (Å²) in [5, 5.41) is 2.34. The van der Waals surface area contributed by atoms with E-state index in [1.54, 1.807) is 0 Å². The number of alkyl halides is 3. The lowest BCUT2D eigenvalue weighted by atomic mass is 10.2. The number of benzene rings is 1. The summed E-state index contributed by atoms with van der Waals surface area (Å²) in [7, 11) is -3.77. The number of amides is 1. The predicted octanol–water partition coefficient (Wildman–Crippen LogP) is 1.46. The molecule has 0 saturated carbocycles. The molecular weight excluding hydrogens is 349 g/mol. The molecule has 0 aliphatic carbocycles. The van der Waals surface area contributed by atoms with Gasteiger partial charge in [-0.1, -0.05) is 12.1 Å². The van der Waals surface area contributed by atoms with Crippen LogP contribution >= 0.6 is 0 Å². The maximum Gasteiger partial charge on any atom is 0.411 e. The fourth-order valence-corrected chi connectivity index (χ4v) is 2.63. The molecule has 1 rings (SSSR count). The molecule has 134 valence electrons. The largest absolute Gasteiger partial charge is 0.411 e. The van der Waals surface area contributed by atoms with Gasteiger partial charge < -0.3 is 10.1 Å². The van der Waals surface area contributed by atoms with Gasteiger partial charge in [-0.05, 0) is 18.2 Å². The van der Waals surface area contributed by atoms with Gasteiger partial charge in [-0.2, -0.15) is 13.2 Å². The van der Waals surface area contributed by atoms with Gasteiger partial charge in [0.1, 0.15) is 6.61 Å². The molecule has 6 nitrogen and oxygen atoms in total. The maximum atomic E-state index is 11.9. The van der Waals surface area contributed by atoms with Gasteiger partial charge in [-0.3, -0.25) is 4.79 Å². The van der Waals surface area contributed by atoms with E-state index in [2.05, 4.69) is 21.4 Å². The Hall–Kier alpha value is -1.91. The zero-order valence-corrected chi connectivity index (χ0v) is 13.4. The highest BCUT2D eigenvalue weighted by Crippen LogP contribution is 2.14. The Bertz CT molecular complexity index is 675. The molecule has 0 unspecified atom stereocenters. The number of ether oxygens (including phenoxy) is 1. The van der Waals surface area contributed by atoms with E-state index in [0.29, 0.717) is 0 Å². The van der Waals surface area contributed by atoms with Crippen LogP contribution in [0.4, 0.5) is 13.2 Å². The molecule has 0 fully saturated rings. The van der Waals surface area contributed by atoms with E-state index < -0.39 is 28.7 Å². The van der Waals surface area contributed by atoms with Crippen molar-refractivity contribution in [2.45, 2.75) is 11.1 Å². The Morgan fingerprint density at radius 2 is 2.04 bits per heavy atom. The van der Waals surface area contributed by atoms with Crippen molar-refractivity contribution in [3.8, 4) is 0 Å². The Labute approximate surface area is 137 Å². The Morgan fingerprint density at radius 1 is 1.33 bits per heavy atom. The van der Waals surface area contributed by atoms with Crippen molar-refractivity contribution in [3.63, 3.8) is 0 Å². The number of carbonyl (C=O) groups is 1. The number of hydrogen-bond donors (Lipinski definition) is 2. The summed E-state index contributed by atoms with van der Waals surface area (Å²) in [6.07, 6.45) is -3.06. The summed E-state index contributed by atoms with van der Waals surface area (Å²) in [4.78, 5) is 11.8. The van der Waals surface area contributed by atoms with Gasteiger partial charge in [0, 0.05) is 18.7 Å². The quantitative estimate of drug-likeness (QED) is 0.512. The molecule has 0 bridgehead atoms. The molecule has 10 heteroatoms. The third-order valence-corrected chi connectivity index (χ3v) is 4.04. The Morgan fingerprint density at radius 3 is 2.67 bits per heavy atom. The van der Waals surface area contributed by atoms with Gasteiger partial charge in [0.2, 0.25) is 10.0 Å². The number of sulfonamides is 1. The molecule has 0 aliphatic rings. The van der Waals surface area contributed by atoms with Crippen LogP contribution in [-0.2, 0) is 14.8 Å². The Kier molecular flexibility index (Phi) is 7.39. The summed E-state index contributed by atoms with van der Waals surface area (Å²) in [5.74, 6) is -0.619. The summed E-state index contributed by atoms with van der Waals surface area (Å²) < 4.78 is 66.1. The van der Waals surface area contributed by atoms with Crippen molar-refractivity contribution in [1.29, 1.82) is 0 Å². The third kappa shape index (κ3) is 7.11. The van der Waals surface area contributed by atoms with Crippen molar-refractivity contribution >= 4 is 15.9 Å². The van der Waals surface area contributed by atoms with E-state index in [1.807, 2.05) is 0 Å². The first-order valence-corrected chi connectivity index (χ1v) is 8.27. The third-order valence-electron chi connectivity index (χ3n) is 2.62. The molecule has 1 aromatic rings. The van der Waals surface area contributed by atoms with E-state index in [0.717, 1.165) is 6.07 Å². The number of carbonyl (C=O) groups excluding carboxylic acids is 1. The topological polar surface area (TPSA) is 84.5 Å². The highest BCUT2D eigenvalue weighted by molar-refractivity contribution is 7.89. The fourth-order valence-electron chi connectivity index (χ4n) is 1.58. The van der Waals surface area contributed by atoms with Crippen molar-refractivity contribution in [2.24, 2.45) is 0 Å². The van der Waals surface area contributed by atoms with Crippen LogP contribution in [-0.4, -0.2) is 46.8 Å². The molecule has 0 saturated heterocycles. The molecule has 2 N–H and O–H groups in total. The van der Waals surface area contributed by atoms with Crippen molar-refractivity contribution in [1.82, 2.24) is 10.0 Å². The lowest BCUT2D eigenvalue weighted by Crippen LogP contribution is -2.29. The average Bonchev–Trinajstić information content (AvgIpc) is 2.51. The summed E-state index contributed by atoms with van der Waals surface area (Å²) >= 11 is 0. The molecule has 0 spiro atoms. The fraction of sp³-hybridized carbons (Fsp3) is 0.357. The summed E-state index contributed by atoms with van der Waals surface area (Å²) in [5.41, 5.74) is 0.0623. The minimum atomic E-state index is -4.43. The minimum absolute atomic E-state index is 0.0370. The maximum absolute atomic E-state index is 11.9. The molecule has 0 heterocycles. The average molecular weight is 366 g/mol. The molecule has 24 heavy (non-hydrogen) atoms. The molecule has 1 aromatic carbocycles. The lowest BCUT2D eigenvalue weighted by Gasteiger charge is -2.09. The van der Waals surface area contributed by atoms with Crippen molar-refractivity contribution in [3.05, 3.63) is 42.5 Å². The van der Waals surface area contributed by atoms with Crippen LogP contribution in [0.25, 0.3) is 0 Å². The molecule has 0 atom stereocenters. The minimum Gasteiger partial charge on any atom is -0.370 e. The van der Waals surface area contributed by atoms with Crippen LogP contribution in [0.5, 0.6) is 0 Å². The van der Waals surface area contributed by atoms with Crippen LogP contribution in [0.1, 0.15) is 10.4 Å². The first kappa shape index (κ1) is 20.1. The predicted molar refractivity (Wildman–Crippen MR) is 81.0 cm³/mol. The second-order valence-corrected chi connectivity index (χ2v) is 6.36. The van der Waals surface area contributed by atoms with Crippen molar-refractivity contribution < 1.29 is 31.1 Å². The van der Waals surface area contributed by atoms with Gasteiger partial charge >= 0.3 is 6.18 Å². The zero-order chi connectivity index (χ0) is 18.2. The van der Waals surface area contributed by atoms with E-state index >= 15 is 0 Å². The highest BCUT2D eigenvalue weighted by atomic mass is 32.2. The molecule has 0 aliphatic heterocycles. The van der Waals surface area contributed by atoms with Gasteiger partial charge in [-0.15, -0.1) is 6.58 Å². The number of halogens is 3. The van der Waals surface area contributed by atoms with Crippen LogP contribution in [0.15, 0.2) is 41.8 Å². The zero-order valence-electron chi connectivity index (χ0n) is 12.6. The SMILES string of the molecule is C=CCNS(=O)(=O)c1cccc(C(=O)NCCOCC(F)(F)F)c1. The van der Waals surface area contributed by atoms with Gasteiger partial charge in [0.25, 0.3) is 5.91 Å². The summed E-state index contributed by atoms with van der Waals surface area (Å²) in [6.45, 7) is 1.58. The second-order valence-electron chi connectivity index (χ2n) is 4.59. The lowest BCUT2D eigenvalue weighted by molar-refractivity contribution is -0.173. The standard InChI is InChI=1S/C14H17F3N2O4S/c1-2-6-19-24(21,22)12-5-3-4-11(9-12)13(20)18-7-8-23-10-14(15,16)17/h2-5,9,19H,1,6-8,10H2,(H,18,20). The Balaban J connectivity index is 2.60. The van der Waals surface area contributed by atoms with Crippen LogP contribution in [0.3, 0.4) is 0 Å². The van der Waals surface area contributed by atoms with E-state index in [9.17, 15) is 26.4 Å². The monoisotopic (exact) mass is 366 g/mol. The van der Waals surface area contributed by atoms with Gasteiger partial charge in [0.15, 0.2) is 0 Å².